The standard InChI is InChI=1S/C17H26N6O/c1-4-8-23-13(3)15(12(2)21-23)10-19-17-18-7-5-16(20-17)22-9-6-14(24)11-22/h5,7,14,24H,4,6,8-11H2,1-3H3,(H,18,19,20)/t14-/m0/s1. The number of β-amino-alcohol motifs (C(OH)–C–C–N with tert-alkyl or cyclic N) is 1. The summed E-state index contributed by atoms with van der Waals surface area (Å²) in [5, 5.41) is 17.6. The van der Waals surface area contributed by atoms with Crippen molar-refractivity contribution in [2.75, 3.05) is 23.3 Å². The smallest absolute Gasteiger partial charge is 0.224 e. The van der Waals surface area contributed by atoms with Gasteiger partial charge in [-0.2, -0.15) is 10.1 Å². The fourth-order valence-electron chi connectivity index (χ4n) is 3.15. The number of nitrogens with zero attached hydrogens (tertiary/aromatic N) is 5. The van der Waals surface area contributed by atoms with Crippen LogP contribution in [0.2, 0.25) is 0 Å². The van der Waals surface area contributed by atoms with E-state index in [0.717, 1.165) is 37.4 Å². The van der Waals surface area contributed by atoms with Crippen LogP contribution in [0.15, 0.2) is 12.3 Å². The first kappa shape index (κ1) is 16.7. The third-order valence-electron chi connectivity index (χ3n) is 4.52. The average Bonchev–Trinajstić information content (AvgIpc) is 3.11. The van der Waals surface area contributed by atoms with E-state index in [1.54, 1.807) is 6.20 Å². The van der Waals surface area contributed by atoms with Gasteiger partial charge < -0.3 is 15.3 Å². The van der Waals surface area contributed by atoms with Gasteiger partial charge in [0.25, 0.3) is 0 Å². The van der Waals surface area contributed by atoms with Crippen LogP contribution in [-0.4, -0.2) is 44.0 Å². The lowest BCUT2D eigenvalue weighted by Gasteiger charge is -2.17. The Balaban J connectivity index is 1.69. The summed E-state index contributed by atoms with van der Waals surface area (Å²) in [7, 11) is 0. The highest BCUT2D eigenvalue weighted by molar-refractivity contribution is 5.44. The molecule has 0 radical (unpaired) electrons. The molecular formula is C17H26N6O. The molecule has 130 valence electrons. The molecule has 3 rings (SSSR count). The van der Waals surface area contributed by atoms with E-state index in [0.29, 0.717) is 19.0 Å². The molecule has 0 spiro atoms. The molecule has 1 fully saturated rings. The van der Waals surface area contributed by atoms with Crippen molar-refractivity contribution in [3.63, 3.8) is 0 Å². The Labute approximate surface area is 142 Å². The van der Waals surface area contributed by atoms with Crippen LogP contribution < -0.4 is 10.2 Å². The molecule has 1 atom stereocenters. The van der Waals surface area contributed by atoms with Gasteiger partial charge in [0.2, 0.25) is 5.95 Å². The van der Waals surface area contributed by atoms with E-state index in [1.165, 1.54) is 11.3 Å². The average molecular weight is 330 g/mol. The topological polar surface area (TPSA) is 79.1 Å². The third-order valence-corrected chi connectivity index (χ3v) is 4.52. The molecule has 0 aromatic carbocycles. The minimum Gasteiger partial charge on any atom is -0.391 e. The maximum Gasteiger partial charge on any atom is 0.224 e. The molecule has 2 aromatic rings. The Hall–Kier alpha value is -2.15. The van der Waals surface area contributed by atoms with Crippen molar-refractivity contribution in [1.82, 2.24) is 19.7 Å². The third kappa shape index (κ3) is 3.51. The van der Waals surface area contributed by atoms with Crippen molar-refractivity contribution in [2.24, 2.45) is 0 Å². The molecule has 0 bridgehead atoms. The van der Waals surface area contributed by atoms with E-state index >= 15 is 0 Å². The molecule has 1 aliphatic rings. The first-order chi connectivity index (χ1) is 11.6. The quantitative estimate of drug-likeness (QED) is 0.842. The SMILES string of the molecule is CCCn1nc(C)c(CNc2nccc(N3CC[C@H](O)C3)n2)c1C. The highest BCUT2D eigenvalue weighted by atomic mass is 16.3. The molecule has 24 heavy (non-hydrogen) atoms. The Morgan fingerprint density at radius 1 is 1.38 bits per heavy atom. The zero-order valence-corrected chi connectivity index (χ0v) is 14.7. The van der Waals surface area contributed by atoms with E-state index < -0.39 is 0 Å². The van der Waals surface area contributed by atoms with Gasteiger partial charge in [0.1, 0.15) is 5.82 Å². The highest BCUT2D eigenvalue weighted by Gasteiger charge is 2.21. The maximum absolute atomic E-state index is 9.68. The number of hydrogen-bond donors (Lipinski definition) is 2. The summed E-state index contributed by atoms with van der Waals surface area (Å²) in [6.45, 7) is 9.37. The first-order valence-electron chi connectivity index (χ1n) is 8.61. The summed E-state index contributed by atoms with van der Waals surface area (Å²) >= 11 is 0. The van der Waals surface area contributed by atoms with Crippen LogP contribution in [0.1, 0.15) is 36.7 Å². The van der Waals surface area contributed by atoms with Gasteiger partial charge in [0, 0.05) is 43.6 Å². The van der Waals surface area contributed by atoms with Crippen LogP contribution in [0.4, 0.5) is 11.8 Å². The summed E-state index contributed by atoms with van der Waals surface area (Å²) in [6, 6.07) is 1.89. The highest BCUT2D eigenvalue weighted by Crippen LogP contribution is 2.19. The summed E-state index contributed by atoms with van der Waals surface area (Å²) < 4.78 is 2.06. The van der Waals surface area contributed by atoms with Crippen LogP contribution in [0, 0.1) is 13.8 Å². The number of anilines is 2. The second-order valence-electron chi connectivity index (χ2n) is 6.35. The Bertz CT molecular complexity index is 698. The molecule has 1 saturated heterocycles. The molecule has 0 saturated carbocycles. The lowest BCUT2D eigenvalue weighted by molar-refractivity contribution is 0.198. The van der Waals surface area contributed by atoms with Crippen molar-refractivity contribution >= 4 is 11.8 Å². The summed E-state index contributed by atoms with van der Waals surface area (Å²) in [6.07, 6.45) is 3.37. The maximum atomic E-state index is 9.68. The molecule has 0 aliphatic carbocycles. The predicted octanol–water partition coefficient (Wildman–Crippen LogP) is 1.88. The molecular weight excluding hydrogens is 304 g/mol. The molecule has 1 aliphatic heterocycles. The number of aryl methyl sites for hydroxylation is 2. The van der Waals surface area contributed by atoms with Crippen molar-refractivity contribution in [3.05, 3.63) is 29.2 Å². The van der Waals surface area contributed by atoms with E-state index in [9.17, 15) is 5.11 Å². The van der Waals surface area contributed by atoms with Crippen LogP contribution in [0.5, 0.6) is 0 Å². The van der Waals surface area contributed by atoms with Crippen LogP contribution in [-0.2, 0) is 13.1 Å². The van der Waals surface area contributed by atoms with E-state index in [-0.39, 0.29) is 6.10 Å². The number of aliphatic hydroxyl groups excluding tert-OH is 1. The van der Waals surface area contributed by atoms with E-state index in [1.807, 2.05) is 13.0 Å². The van der Waals surface area contributed by atoms with Crippen LogP contribution in [0.3, 0.4) is 0 Å². The minimum absolute atomic E-state index is 0.258. The number of aliphatic hydroxyl groups is 1. The Morgan fingerprint density at radius 2 is 2.21 bits per heavy atom. The second kappa shape index (κ2) is 7.17. The molecule has 0 unspecified atom stereocenters. The van der Waals surface area contributed by atoms with Gasteiger partial charge in [-0.1, -0.05) is 6.92 Å². The predicted molar refractivity (Wildman–Crippen MR) is 94.2 cm³/mol. The van der Waals surface area contributed by atoms with Gasteiger partial charge in [-0.15, -0.1) is 0 Å². The lowest BCUT2D eigenvalue weighted by atomic mass is 10.2. The van der Waals surface area contributed by atoms with Crippen LogP contribution in [0.25, 0.3) is 0 Å². The zero-order valence-electron chi connectivity index (χ0n) is 14.7. The fourth-order valence-corrected chi connectivity index (χ4v) is 3.15. The molecule has 3 heterocycles. The molecule has 0 amide bonds. The fraction of sp³-hybridized carbons (Fsp3) is 0.588. The Morgan fingerprint density at radius 3 is 2.92 bits per heavy atom. The molecule has 7 heteroatoms. The summed E-state index contributed by atoms with van der Waals surface area (Å²) in [5.41, 5.74) is 3.45. The summed E-state index contributed by atoms with van der Waals surface area (Å²) in [5.74, 6) is 1.47. The van der Waals surface area contributed by atoms with Crippen molar-refractivity contribution in [1.29, 1.82) is 0 Å². The van der Waals surface area contributed by atoms with Gasteiger partial charge >= 0.3 is 0 Å². The normalized spacial score (nSPS) is 17.5. The summed E-state index contributed by atoms with van der Waals surface area (Å²) in [4.78, 5) is 11.0. The Kier molecular flexibility index (Phi) is 4.99. The number of hydrogen-bond acceptors (Lipinski definition) is 6. The van der Waals surface area contributed by atoms with Crippen LogP contribution >= 0.6 is 0 Å². The van der Waals surface area contributed by atoms with Gasteiger partial charge in [-0.05, 0) is 32.8 Å². The lowest BCUT2D eigenvalue weighted by Crippen LogP contribution is -2.22. The number of nitrogens with one attached hydrogen (secondary N) is 1. The number of aromatic nitrogens is 4. The van der Waals surface area contributed by atoms with Gasteiger partial charge in [0.05, 0.1) is 11.8 Å². The van der Waals surface area contributed by atoms with Crippen molar-refractivity contribution < 1.29 is 5.11 Å². The number of rotatable bonds is 6. The van der Waals surface area contributed by atoms with Gasteiger partial charge in [-0.3, -0.25) is 4.68 Å². The largest absolute Gasteiger partial charge is 0.391 e. The minimum atomic E-state index is -0.258. The molecule has 7 nitrogen and oxygen atoms in total. The van der Waals surface area contributed by atoms with E-state index in [4.69, 9.17) is 0 Å². The van der Waals surface area contributed by atoms with Crippen molar-refractivity contribution in [2.45, 2.75) is 52.8 Å². The first-order valence-corrected chi connectivity index (χ1v) is 8.61. The molecule has 2 aromatic heterocycles. The van der Waals surface area contributed by atoms with Gasteiger partial charge in [0.15, 0.2) is 0 Å². The van der Waals surface area contributed by atoms with E-state index in [2.05, 4.69) is 43.8 Å². The molecule has 2 N–H and O–H groups in total. The van der Waals surface area contributed by atoms with Gasteiger partial charge in [-0.25, -0.2) is 4.98 Å². The van der Waals surface area contributed by atoms with Crippen molar-refractivity contribution in [3.8, 4) is 0 Å². The monoisotopic (exact) mass is 330 g/mol. The second-order valence-corrected chi connectivity index (χ2v) is 6.35. The zero-order chi connectivity index (χ0) is 17.1.